The molecular weight excluding hydrogens is 284 g/mol. The molecule has 0 aliphatic heterocycles. The summed E-state index contributed by atoms with van der Waals surface area (Å²) in [6.07, 6.45) is 2.01. The van der Waals surface area contributed by atoms with E-state index in [2.05, 4.69) is 4.98 Å². The van der Waals surface area contributed by atoms with Crippen molar-refractivity contribution in [2.75, 3.05) is 6.26 Å². The summed E-state index contributed by atoms with van der Waals surface area (Å²) in [5, 5.41) is 9.42. The predicted molar refractivity (Wildman–Crippen MR) is 84.5 cm³/mol. The van der Waals surface area contributed by atoms with Crippen LogP contribution >= 0.6 is 11.8 Å². The molecule has 3 aromatic rings. The van der Waals surface area contributed by atoms with E-state index in [0.29, 0.717) is 11.0 Å². The summed E-state index contributed by atoms with van der Waals surface area (Å²) >= 11 is 1.65. The topological polar surface area (TPSA) is 55.1 Å². The van der Waals surface area contributed by atoms with Crippen LogP contribution < -0.4 is 0 Å². The first-order valence-electron chi connectivity index (χ1n) is 6.47. The molecule has 0 aliphatic carbocycles. The van der Waals surface area contributed by atoms with Crippen molar-refractivity contribution < 1.29 is 9.90 Å². The summed E-state index contributed by atoms with van der Waals surface area (Å²) in [7, 11) is 0. The van der Waals surface area contributed by atoms with Gasteiger partial charge >= 0.3 is 5.97 Å². The molecule has 0 unspecified atom stereocenters. The molecule has 0 aliphatic rings. The van der Waals surface area contributed by atoms with Gasteiger partial charge in [-0.2, -0.15) is 0 Å². The number of hydrogen-bond acceptors (Lipinski definition) is 3. The minimum Gasteiger partial charge on any atom is -0.478 e. The molecule has 2 aromatic carbocycles. The van der Waals surface area contributed by atoms with Crippen LogP contribution in [0.4, 0.5) is 0 Å². The number of nitrogens with zero attached hydrogens (tertiary/aromatic N) is 2. The summed E-state index contributed by atoms with van der Waals surface area (Å²) in [6.45, 7) is 1.89. The normalized spacial score (nSPS) is 11.0. The van der Waals surface area contributed by atoms with E-state index in [1.165, 1.54) is 0 Å². The Kier molecular flexibility index (Phi) is 3.43. The third-order valence-corrected chi connectivity index (χ3v) is 4.11. The zero-order valence-electron chi connectivity index (χ0n) is 11.7. The maximum atomic E-state index is 11.5. The van der Waals surface area contributed by atoms with Gasteiger partial charge in [0.2, 0.25) is 0 Å². The Morgan fingerprint density at radius 2 is 2.00 bits per heavy atom. The van der Waals surface area contributed by atoms with Crippen molar-refractivity contribution in [2.24, 2.45) is 0 Å². The van der Waals surface area contributed by atoms with Gasteiger partial charge in [0.25, 0.3) is 0 Å². The number of fused-ring (bicyclic) bond motifs is 1. The fraction of sp³-hybridized carbons (Fsp3) is 0.125. The van der Waals surface area contributed by atoms with Gasteiger partial charge in [0, 0.05) is 10.6 Å². The molecule has 0 saturated carbocycles. The molecule has 0 fully saturated rings. The van der Waals surface area contributed by atoms with Crippen LogP contribution in [0.3, 0.4) is 0 Å². The molecule has 0 atom stereocenters. The predicted octanol–water partition coefficient (Wildman–Crippen LogP) is 3.75. The summed E-state index contributed by atoms with van der Waals surface area (Å²) in [6, 6.07) is 13.2. The second kappa shape index (κ2) is 5.26. The number of aromatic nitrogens is 2. The van der Waals surface area contributed by atoms with Crippen LogP contribution in [0.2, 0.25) is 0 Å². The molecule has 1 aromatic heterocycles. The van der Waals surface area contributed by atoms with E-state index < -0.39 is 5.97 Å². The molecule has 4 nitrogen and oxygen atoms in total. The van der Waals surface area contributed by atoms with E-state index in [4.69, 9.17) is 0 Å². The molecule has 21 heavy (non-hydrogen) atoms. The molecule has 0 radical (unpaired) electrons. The van der Waals surface area contributed by atoms with Gasteiger partial charge in [-0.05, 0) is 43.5 Å². The average molecular weight is 298 g/mol. The lowest BCUT2D eigenvalue weighted by atomic mass is 10.1. The number of imidazole rings is 1. The summed E-state index contributed by atoms with van der Waals surface area (Å²) in [5.41, 5.74) is 2.53. The van der Waals surface area contributed by atoms with Gasteiger partial charge in [-0.25, -0.2) is 9.78 Å². The van der Waals surface area contributed by atoms with Crippen LogP contribution in [-0.4, -0.2) is 26.9 Å². The van der Waals surface area contributed by atoms with E-state index >= 15 is 0 Å². The van der Waals surface area contributed by atoms with Gasteiger partial charge in [-0.15, -0.1) is 11.8 Å². The number of aryl methyl sites for hydroxylation is 1. The maximum Gasteiger partial charge on any atom is 0.337 e. The molecule has 0 spiro atoms. The molecule has 1 N–H and O–H groups in total. The summed E-state index contributed by atoms with van der Waals surface area (Å²) < 4.78 is 1.90. The molecule has 5 heteroatoms. The largest absolute Gasteiger partial charge is 0.478 e. The summed E-state index contributed by atoms with van der Waals surface area (Å²) in [4.78, 5) is 17.1. The average Bonchev–Trinajstić information content (AvgIpc) is 2.82. The highest BCUT2D eigenvalue weighted by atomic mass is 32.2. The fourth-order valence-electron chi connectivity index (χ4n) is 2.48. The van der Waals surface area contributed by atoms with Crippen molar-refractivity contribution in [3.8, 4) is 5.69 Å². The second-order valence-corrected chi connectivity index (χ2v) is 5.55. The number of thioether (sulfide) groups is 1. The minimum atomic E-state index is -0.942. The zero-order chi connectivity index (χ0) is 15.0. The lowest BCUT2D eigenvalue weighted by Crippen LogP contribution is -2.03. The van der Waals surface area contributed by atoms with Gasteiger partial charge < -0.3 is 5.11 Å². The molecule has 0 bridgehead atoms. The third kappa shape index (κ3) is 2.29. The first-order valence-corrected chi connectivity index (χ1v) is 7.70. The van der Waals surface area contributed by atoms with E-state index in [0.717, 1.165) is 16.4 Å². The lowest BCUT2D eigenvalue weighted by molar-refractivity contribution is 0.0698. The standard InChI is InChI=1S/C16H14N2O2S/c1-10-17-14-8-4-7-13(16(19)20)15(14)18(10)11-5-3-6-12(9-11)21-2/h3-9H,1-2H3,(H,19,20). The second-order valence-electron chi connectivity index (χ2n) is 4.67. The molecule has 0 saturated heterocycles. The van der Waals surface area contributed by atoms with Crippen LogP contribution in [-0.2, 0) is 0 Å². The quantitative estimate of drug-likeness (QED) is 0.748. The number of carboxylic acid groups (broad SMARTS) is 1. The van der Waals surface area contributed by atoms with Gasteiger partial charge in [0.15, 0.2) is 0 Å². The molecule has 0 amide bonds. The van der Waals surface area contributed by atoms with Gasteiger partial charge in [0.1, 0.15) is 5.82 Å². The zero-order valence-corrected chi connectivity index (χ0v) is 12.5. The maximum absolute atomic E-state index is 11.5. The van der Waals surface area contributed by atoms with Crippen molar-refractivity contribution in [1.29, 1.82) is 0 Å². The van der Waals surface area contributed by atoms with Crippen LogP contribution in [0.5, 0.6) is 0 Å². The van der Waals surface area contributed by atoms with E-state index in [9.17, 15) is 9.90 Å². The number of benzene rings is 2. The van der Waals surface area contributed by atoms with Crippen LogP contribution in [0.25, 0.3) is 16.7 Å². The number of para-hydroxylation sites is 1. The monoisotopic (exact) mass is 298 g/mol. The van der Waals surface area contributed by atoms with Crippen molar-refractivity contribution in [2.45, 2.75) is 11.8 Å². The van der Waals surface area contributed by atoms with Crippen molar-refractivity contribution in [1.82, 2.24) is 9.55 Å². The number of carboxylic acids is 1. The van der Waals surface area contributed by atoms with Crippen molar-refractivity contribution in [3.63, 3.8) is 0 Å². The smallest absolute Gasteiger partial charge is 0.337 e. The number of carbonyl (C=O) groups is 1. The van der Waals surface area contributed by atoms with Crippen molar-refractivity contribution >= 4 is 28.8 Å². The van der Waals surface area contributed by atoms with Crippen LogP contribution in [0.1, 0.15) is 16.2 Å². The highest BCUT2D eigenvalue weighted by molar-refractivity contribution is 7.98. The van der Waals surface area contributed by atoms with E-state index in [-0.39, 0.29) is 5.56 Å². The van der Waals surface area contributed by atoms with Crippen LogP contribution in [0.15, 0.2) is 47.4 Å². The third-order valence-electron chi connectivity index (χ3n) is 3.39. The van der Waals surface area contributed by atoms with Crippen LogP contribution in [0, 0.1) is 6.92 Å². The molecular formula is C16H14N2O2S. The Labute approximate surface area is 126 Å². The fourth-order valence-corrected chi connectivity index (χ4v) is 2.93. The molecule has 3 rings (SSSR count). The van der Waals surface area contributed by atoms with E-state index in [1.54, 1.807) is 23.9 Å². The van der Waals surface area contributed by atoms with Gasteiger partial charge in [0.05, 0.1) is 16.6 Å². The Morgan fingerprint density at radius 3 is 2.71 bits per heavy atom. The van der Waals surface area contributed by atoms with Gasteiger partial charge in [-0.1, -0.05) is 12.1 Å². The Balaban J connectivity index is 2.36. The highest BCUT2D eigenvalue weighted by Gasteiger charge is 2.16. The van der Waals surface area contributed by atoms with E-state index in [1.807, 2.05) is 48.1 Å². The minimum absolute atomic E-state index is 0.266. The Hall–Kier alpha value is -2.27. The number of hydrogen-bond donors (Lipinski definition) is 1. The highest BCUT2D eigenvalue weighted by Crippen LogP contribution is 2.26. The molecule has 106 valence electrons. The SMILES string of the molecule is CSc1cccc(-n2c(C)nc3cccc(C(=O)O)c32)c1. The van der Waals surface area contributed by atoms with Crippen molar-refractivity contribution in [3.05, 3.63) is 53.9 Å². The number of rotatable bonds is 3. The molecule has 1 heterocycles. The Morgan fingerprint density at radius 1 is 1.24 bits per heavy atom. The lowest BCUT2D eigenvalue weighted by Gasteiger charge is -2.09. The van der Waals surface area contributed by atoms with Gasteiger partial charge in [-0.3, -0.25) is 4.57 Å². The Bertz CT molecular complexity index is 839. The first-order chi connectivity index (χ1) is 10.1. The summed E-state index contributed by atoms with van der Waals surface area (Å²) in [5.74, 6) is -0.167. The first kappa shape index (κ1) is 13.7. The number of aromatic carboxylic acids is 1.